The quantitative estimate of drug-likeness (QED) is 0.768. The average Bonchev–Trinajstić information content (AvgIpc) is 2.93. The van der Waals surface area contributed by atoms with Crippen molar-refractivity contribution in [3.05, 3.63) is 48.3 Å². The van der Waals surface area contributed by atoms with Crippen molar-refractivity contribution in [3.63, 3.8) is 0 Å². The molecule has 2 aromatic carbocycles. The molecule has 0 saturated carbocycles. The van der Waals surface area contributed by atoms with Gasteiger partial charge in [-0.2, -0.15) is 0 Å². The van der Waals surface area contributed by atoms with E-state index in [-0.39, 0.29) is 18.1 Å². The van der Waals surface area contributed by atoms with Crippen molar-refractivity contribution < 1.29 is 14.0 Å². The van der Waals surface area contributed by atoms with Crippen LogP contribution in [0.5, 0.6) is 0 Å². The fraction of sp³-hybridized carbons (Fsp3) is 0.125. The summed E-state index contributed by atoms with van der Waals surface area (Å²) < 4.78 is 15.3. The molecular formula is C16H14FN5O2. The first kappa shape index (κ1) is 15.6. The van der Waals surface area contributed by atoms with E-state index >= 15 is 0 Å². The lowest BCUT2D eigenvalue weighted by Gasteiger charge is -2.09. The van der Waals surface area contributed by atoms with Gasteiger partial charge in [-0.25, -0.2) is 9.07 Å². The molecule has 1 heterocycles. The molecule has 0 atom stereocenters. The number of hydrogen-bond donors (Lipinski definition) is 2. The first-order valence-corrected chi connectivity index (χ1v) is 7.18. The molecule has 7 nitrogen and oxygen atoms in total. The minimum absolute atomic E-state index is 0.0179. The molecule has 0 aliphatic carbocycles. The molecule has 2 amide bonds. The second-order valence-corrected chi connectivity index (χ2v) is 5.16. The van der Waals surface area contributed by atoms with Crippen LogP contribution in [0.4, 0.5) is 15.8 Å². The molecule has 0 aliphatic rings. The van der Waals surface area contributed by atoms with Crippen LogP contribution in [-0.4, -0.2) is 26.8 Å². The van der Waals surface area contributed by atoms with Crippen molar-refractivity contribution >= 4 is 34.2 Å². The molecule has 8 heteroatoms. The van der Waals surface area contributed by atoms with E-state index in [1.54, 1.807) is 12.1 Å². The van der Waals surface area contributed by atoms with Gasteiger partial charge in [0.25, 0.3) is 0 Å². The highest BCUT2D eigenvalue weighted by Gasteiger charge is 2.12. The Hall–Kier alpha value is -3.29. The summed E-state index contributed by atoms with van der Waals surface area (Å²) in [4.78, 5) is 23.2. The van der Waals surface area contributed by atoms with Crippen molar-refractivity contribution in [1.82, 2.24) is 15.0 Å². The number of carbonyl (C=O) groups is 2. The summed E-state index contributed by atoms with van der Waals surface area (Å²) in [6.45, 7) is 1.24. The maximum absolute atomic E-state index is 13.8. The summed E-state index contributed by atoms with van der Waals surface area (Å²) in [6, 6.07) is 11.2. The Bertz CT molecular complexity index is 922. The molecule has 122 valence electrons. The minimum atomic E-state index is -0.596. The van der Waals surface area contributed by atoms with Crippen molar-refractivity contribution in [1.29, 1.82) is 0 Å². The summed E-state index contributed by atoms with van der Waals surface area (Å²) in [5.41, 5.74) is 1.75. The van der Waals surface area contributed by atoms with Crippen molar-refractivity contribution in [2.45, 2.75) is 13.5 Å². The first-order valence-electron chi connectivity index (χ1n) is 7.18. The zero-order valence-electron chi connectivity index (χ0n) is 12.8. The molecule has 0 fully saturated rings. The standard InChI is InChI=1S/C16H14FN5O2/c1-10(23)18-11-6-7-12(17)14(8-11)19-16(24)9-22-15-5-3-2-4-13(15)20-21-22/h2-8H,9H2,1H3,(H,18,23)(H,19,24). The molecule has 0 bridgehead atoms. The minimum Gasteiger partial charge on any atom is -0.326 e. The second-order valence-electron chi connectivity index (χ2n) is 5.16. The predicted octanol–water partition coefficient (Wildman–Crippen LogP) is 2.17. The second kappa shape index (κ2) is 6.45. The Morgan fingerprint density at radius 2 is 1.96 bits per heavy atom. The van der Waals surface area contributed by atoms with E-state index in [2.05, 4.69) is 20.9 Å². The number of carbonyl (C=O) groups excluding carboxylic acids is 2. The Morgan fingerprint density at radius 3 is 2.75 bits per heavy atom. The fourth-order valence-electron chi connectivity index (χ4n) is 2.26. The first-order chi connectivity index (χ1) is 11.5. The number of hydrogen-bond acceptors (Lipinski definition) is 4. The Labute approximate surface area is 136 Å². The van der Waals surface area contributed by atoms with E-state index in [9.17, 15) is 14.0 Å². The third-order valence-electron chi connectivity index (χ3n) is 3.27. The van der Waals surface area contributed by atoms with Gasteiger partial charge in [-0.15, -0.1) is 5.10 Å². The maximum Gasteiger partial charge on any atom is 0.246 e. The van der Waals surface area contributed by atoms with Crippen LogP contribution in [0.2, 0.25) is 0 Å². The molecule has 1 aromatic heterocycles. The monoisotopic (exact) mass is 327 g/mol. The topological polar surface area (TPSA) is 88.9 Å². The number of halogens is 1. The van der Waals surface area contributed by atoms with Gasteiger partial charge in [0.2, 0.25) is 11.8 Å². The zero-order chi connectivity index (χ0) is 17.1. The number of fused-ring (bicyclic) bond motifs is 1. The summed E-state index contributed by atoms with van der Waals surface area (Å²) in [5, 5.41) is 12.9. The van der Waals surface area contributed by atoms with Crippen molar-refractivity contribution in [3.8, 4) is 0 Å². The highest BCUT2D eigenvalue weighted by Crippen LogP contribution is 2.20. The van der Waals surface area contributed by atoms with Gasteiger partial charge < -0.3 is 10.6 Å². The molecule has 0 radical (unpaired) electrons. The van der Waals surface area contributed by atoms with Gasteiger partial charge in [0.05, 0.1) is 11.2 Å². The van der Waals surface area contributed by atoms with Gasteiger partial charge in [0, 0.05) is 12.6 Å². The molecule has 0 aliphatic heterocycles. The van der Waals surface area contributed by atoms with Gasteiger partial charge in [-0.05, 0) is 30.3 Å². The van der Waals surface area contributed by atoms with Gasteiger partial charge in [0.15, 0.2) is 0 Å². The van der Waals surface area contributed by atoms with Gasteiger partial charge in [0.1, 0.15) is 17.9 Å². The van der Waals surface area contributed by atoms with Crippen LogP contribution in [-0.2, 0) is 16.1 Å². The lowest BCUT2D eigenvalue weighted by atomic mass is 10.2. The van der Waals surface area contributed by atoms with Gasteiger partial charge in [-0.3, -0.25) is 9.59 Å². The van der Waals surface area contributed by atoms with Crippen LogP contribution >= 0.6 is 0 Å². The van der Waals surface area contributed by atoms with E-state index in [0.717, 1.165) is 0 Å². The zero-order valence-corrected chi connectivity index (χ0v) is 12.8. The lowest BCUT2D eigenvalue weighted by Crippen LogP contribution is -2.20. The smallest absolute Gasteiger partial charge is 0.246 e. The SMILES string of the molecule is CC(=O)Nc1ccc(F)c(NC(=O)Cn2nnc3ccccc32)c1. The molecule has 0 unspecified atom stereocenters. The van der Waals surface area contributed by atoms with E-state index in [1.807, 2.05) is 12.1 Å². The molecule has 24 heavy (non-hydrogen) atoms. The van der Waals surface area contributed by atoms with Crippen LogP contribution in [0.1, 0.15) is 6.92 Å². The normalized spacial score (nSPS) is 10.6. The third-order valence-corrected chi connectivity index (χ3v) is 3.27. The number of nitrogens with one attached hydrogen (secondary N) is 2. The summed E-state index contributed by atoms with van der Waals surface area (Å²) in [5.74, 6) is -1.33. The molecule has 3 aromatic rings. The number of benzene rings is 2. The van der Waals surface area contributed by atoms with Gasteiger partial charge in [-0.1, -0.05) is 17.3 Å². The molecule has 3 rings (SSSR count). The molecular weight excluding hydrogens is 313 g/mol. The number of rotatable bonds is 4. The van der Waals surface area contributed by atoms with Gasteiger partial charge >= 0.3 is 0 Å². The molecule has 2 N–H and O–H groups in total. The lowest BCUT2D eigenvalue weighted by molar-refractivity contribution is -0.117. The number of anilines is 2. The van der Waals surface area contributed by atoms with Crippen LogP contribution in [0.3, 0.4) is 0 Å². The Kier molecular flexibility index (Phi) is 4.19. The Balaban J connectivity index is 1.76. The van der Waals surface area contributed by atoms with Crippen LogP contribution < -0.4 is 10.6 Å². The van der Waals surface area contributed by atoms with Crippen molar-refractivity contribution in [2.24, 2.45) is 0 Å². The summed E-state index contributed by atoms with van der Waals surface area (Å²) >= 11 is 0. The fourth-order valence-corrected chi connectivity index (χ4v) is 2.26. The summed E-state index contributed by atoms with van der Waals surface area (Å²) in [6.07, 6.45) is 0. The highest BCUT2D eigenvalue weighted by molar-refractivity contribution is 5.93. The predicted molar refractivity (Wildman–Crippen MR) is 86.9 cm³/mol. The molecule has 0 saturated heterocycles. The van der Waals surface area contributed by atoms with Crippen LogP contribution in [0, 0.1) is 5.82 Å². The third kappa shape index (κ3) is 3.37. The number of aromatic nitrogens is 3. The molecule has 0 spiro atoms. The van der Waals surface area contributed by atoms with E-state index in [1.165, 1.54) is 29.8 Å². The van der Waals surface area contributed by atoms with Crippen LogP contribution in [0.15, 0.2) is 42.5 Å². The Morgan fingerprint density at radius 1 is 1.17 bits per heavy atom. The largest absolute Gasteiger partial charge is 0.326 e. The summed E-state index contributed by atoms with van der Waals surface area (Å²) in [7, 11) is 0. The van der Waals surface area contributed by atoms with Crippen LogP contribution in [0.25, 0.3) is 11.0 Å². The van der Waals surface area contributed by atoms with E-state index in [4.69, 9.17) is 0 Å². The van der Waals surface area contributed by atoms with E-state index < -0.39 is 11.7 Å². The number of nitrogens with zero attached hydrogens (tertiary/aromatic N) is 3. The number of para-hydroxylation sites is 1. The van der Waals surface area contributed by atoms with Crippen molar-refractivity contribution in [2.75, 3.05) is 10.6 Å². The average molecular weight is 327 g/mol. The maximum atomic E-state index is 13.8. The number of amides is 2. The highest BCUT2D eigenvalue weighted by atomic mass is 19.1. The van der Waals surface area contributed by atoms with E-state index in [0.29, 0.717) is 16.7 Å².